The molecule has 3 nitrogen and oxygen atoms in total. The topological polar surface area (TPSA) is 38.5 Å². The molecule has 27 heavy (non-hydrogen) atoms. The van der Waals surface area contributed by atoms with Gasteiger partial charge in [-0.25, -0.2) is 0 Å². The maximum absolute atomic E-state index is 13.5. The molecule has 0 aliphatic rings. The van der Waals surface area contributed by atoms with Crippen molar-refractivity contribution in [3.63, 3.8) is 0 Å². The predicted molar refractivity (Wildman–Crippen MR) is 107 cm³/mol. The number of pyridine rings is 1. The van der Waals surface area contributed by atoms with Crippen LogP contribution in [-0.2, 0) is 11.2 Å². The number of ketones is 1. The number of hydrogen-bond acceptors (Lipinski definition) is 2. The summed E-state index contributed by atoms with van der Waals surface area (Å²) in [6.07, 6.45) is 3.05. The van der Waals surface area contributed by atoms with Crippen molar-refractivity contribution >= 4 is 17.6 Å². The van der Waals surface area contributed by atoms with Crippen molar-refractivity contribution < 1.29 is 9.59 Å². The minimum Gasteiger partial charge on any atom is -0.319 e. The summed E-state index contributed by atoms with van der Waals surface area (Å²) in [6, 6.07) is 23.2. The van der Waals surface area contributed by atoms with Crippen LogP contribution in [0.25, 0.3) is 16.6 Å². The fraction of sp³-hybridized carbons (Fsp3) is 0.0833. The average molecular weight is 353 g/mol. The Bertz CT molecular complexity index is 1120. The van der Waals surface area contributed by atoms with Crippen molar-refractivity contribution in [1.29, 1.82) is 0 Å². The van der Waals surface area contributed by atoms with Crippen molar-refractivity contribution in [3.8, 4) is 11.1 Å². The fourth-order valence-electron chi connectivity index (χ4n) is 3.55. The molecule has 0 aliphatic heterocycles. The molecule has 0 spiro atoms. The first-order valence-electron chi connectivity index (χ1n) is 8.93. The highest BCUT2D eigenvalue weighted by molar-refractivity contribution is 6.18. The number of carbonyl (C=O) groups is 2. The second-order valence-electron chi connectivity index (χ2n) is 6.58. The van der Waals surface area contributed by atoms with E-state index in [9.17, 15) is 9.59 Å². The van der Waals surface area contributed by atoms with Gasteiger partial charge < -0.3 is 9.20 Å². The molecule has 0 bridgehead atoms. The van der Waals surface area contributed by atoms with Gasteiger partial charge in [0.05, 0.1) is 11.1 Å². The molecule has 2 aromatic heterocycles. The molecule has 0 unspecified atom stereocenters. The zero-order valence-corrected chi connectivity index (χ0v) is 15.1. The van der Waals surface area contributed by atoms with Gasteiger partial charge in [0.1, 0.15) is 6.29 Å². The van der Waals surface area contributed by atoms with E-state index < -0.39 is 0 Å². The summed E-state index contributed by atoms with van der Waals surface area (Å²) in [4.78, 5) is 24.9. The Morgan fingerprint density at radius 3 is 2.33 bits per heavy atom. The minimum atomic E-state index is -0.0327. The molecule has 0 amide bonds. The second-order valence-corrected chi connectivity index (χ2v) is 6.58. The lowest BCUT2D eigenvalue weighted by atomic mass is 9.94. The predicted octanol–water partition coefficient (Wildman–Crippen LogP) is 4.89. The number of aryl methyl sites for hydroxylation is 1. The van der Waals surface area contributed by atoms with Gasteiger partial charge in [0, 0.05) is 29.4 Å². The molecular formula is C24H19NO2. The van der Waals surface area contributed by atoms with Crippen molar-refractivity contribution in [2.24, 2.45) is 0 Å². The molecule has 0 N–H and O–H groups in total. The Balaban J connectivity index is 2.05. The Morgan fingerprint density at radius 2 is 1.63 bits per heavy atom. The minimum absolute atomic E-state index is 0.0327. The fourth-order valence-corrected chi connectivity index (χ4v) is 3.55. The van der Waals surface area contributed by atoms with Crippen LogP contribution in [0, 0.1) is 6.92 Å². The van der Waals surface area contributed by atoms with Crippen LogP contribution in [0.15, 0.2) is 79.0 Å². The van der Waals surface area contributed by atoms with E-state index in [2.05, 4.69) is 0 Å². The Hall–Kier alpha value is -3.46. The lowest BCUT2D eigenvalue weighted by molar-refractivity contribution is -0.107. The molecule has 0 radical (unpaired) electrons. The van der Waals surface area contributed by atoms with Crippen LogP contribution < -0.4 is 0 Å². The zero-order chi connectivity index (χ0) is 18.8. The number of aldehydes is 1. The smallest absolute Gasteiger partial charge is 0.195 e. The summed E-state index contributed by atoms with van der Waals surface area (Å²) in [5.74, 6) is -0.0327. The maximum Gasteiger partial charge on any atom is 0.195 e. The van der Waals surface area contributed by atoms with Gasteiger partial charge in [-0.05, 0) is 24.6 Å². The number of rotatable bonds is 5. The second kappa shape index (κ2) is 7.04. The molecule has 0 saturated carbocycles. The number of carbonyl (C=O) groups excluding carboxylic acids is 2. The van der Waals surface area contributed by atoms with E-state index in [1.54, 1.807) is 0 Å². The summed E-state index contributed by atoms with van der Waals surface area (Å²) < 4.78 is 1.96. The first kappa shape index (κ1) is 17.0. The van der Waals surface area contributed by atoms with Gasteiger partial charge in [-0.3, -0.25) is 4.79 Å². The van der Waals surface area contributed by atoms with E-state index in [1.165, 1.54) is 0 Å². The molecule has 4 aromatic rings. The van der Waals surface area contributed by atoms with E-state index in [1.807, 2.05) is 90.3 Å². The monoisotopic (exact) mass is 353 g/mol. The first-order valence-corrected chi connectivity index (χ1v) is 8.93. The molecule has 132 valence electrons. The van der Waals surface area contributed by atoms with Gasteiger partial charge >= 0.3 is 0 Å². The van der Waals surface area contributed by atoms with Gasteiger partial charge in [-0.15, -0.1) is 0 Å². The average Bonchev–Trinajstić information content (AvgIpc) is 3.03. The number of hydrogen-bond donors (Lipinski definition) is 0. The molecule has 2 aromatic carbocycles. The quantitative estimate of drug-likeness (QED) is 0.379. The number of aromatic nitrogens is 1. The van der Waals surface area contributed by atoms with E-state index >= 15 is 0 Å². The Kier molecular flexibility index (Phi) is 4.43. The standard InChI is InChI=1S/C24H19NO2/c1-17-10-12-19(13-11-17)24(27)23-20-9-5-6-15-25(20)21(14-16-26)22(23)18-7-3-2-4-8-18/h2-13,15-16H,14H2,1H3. The lowest BCUT2D eigenvalue weighted by Gasteiger charge is -2.07. The SMILES string of the molecule is Cc1ccc(C(=O)c2c(-c3ccccc3)c(CC=O)n3ccccc23)cc1. The van der Waals surface area contributed by atoms with Gasteiger partial charge in [0.2, 0.25) is 0 Å². The Morgan fingerprint density at radius 1 is 0.926 bits per heavy atom. The highest BCUT2D eigenvalue weighted by atomic mass is 16.1. The van der Waals surface area contributed by atoms with Crippen LogP contribution in [-0.4, -0.2) is 16.5 Å². The van der Waals surface area contributed by atoms with E-state index in [0.717, 1.165) is 34.2 Å². The third-order valence-corrected chi connectivity index (χ3v) is 4.83. The molecule has 0 atom stereocenters. The maximum atomic E-state index is 13.5. The summed E-state index contributed by atoms with van der Waals surface area (Å²) >= 11 is 0. The molecule has 0 saturated heterocycles. The highest BCUT2D eigenvalue weighted by Crippen LogP contribution is 2.35. The Labute approximate surface area is 157 Å². The van der Waals surface area contributed by atoms with Crippen LogP contribution in [0.3, 0.4) is 0 Å². The largest absolute Gasteiger partial charge is 0.319 e. The van der Waals surface area contributed by atoms with Crippen molar-refractivity contribution in [2.75, 3.05) is 0 Å². The number of fused-ring (bicyclic) bond motifs is 1. The highest BCUT2D eigenvalue weighted by Gasteiger charge is 2.24. The van der Waals surface area contributed by atoms with E-state index in [4.69, 9.17) is 0 Å². The summed E-state index contributed by atoms with van der Waals surface area (Å²) in [7, 11) is 0. The van der Waals surface area contributed by atoms with Crippen molar-refractivity contribution in [3.05, 3.63) is 101 Å². The summed E-state index contributed by atoms with van der Waals surface area (Å²) in [5.41, 5.74) is 5.82. The van der Waals surface area contributed by atoms with Gasteiger partial charge in [-0.1, -0.05) is 66.2 Å². The third-order valence-electron chi connectivity index (χ3n) is 4.83. The summed E-state index contributed by atoms with van der Waals surface area (Å²) in [5, 5.41) is 0. The van der Waals surface area contributed by atoms with Gasteiger partial charge in [0.15, 0.2) is 5.78 Å². The number of benzene rings is 2. The van der Waals surface area contributed by atoms with Crippen molar-refractivity contribution in [2.45, 2.75) is 13.3 Å². The van der Waals surface area contributed by atoms with E-state index in [-0.39, 0.29) is 12.2 Å². The van der Waals surface area contributed by atoms with Gasteiger partial charge in [-0.2, -0.15) is 0 Å². The summed E-state index contributed by atoms with van der Waals surface area (Å²) in [6.45, 7) is 2.00. The first-order chi connectivity index (χ1) is 13.2. The van der Waals surface area contributed by atoms with Crippen LogP contribution >= 0.6 is 0 Å². The zero-order valence-electron chi connectivity index (χ0n) is 15.1. The van der Waals surface area contributed by atoms with Crippen LogP contribution in [0.5, 0.6) is 0 Å². The van der Waals surface area contributed by atoms with Gasteiger partial charge in [0.25, 0.3) is 0 Å². The third kappa shape index (κ3) is 2.97. The number of nitrogens with zero attached hydrogens (tertiary/aromatic N) is 1. The van der Waals surface area contributed by atoms with Crippen LogP contribution in [0.1, 0.15) is 27.2 Å². The normalized spacial score (nSPS) is 10.9. The van der Waals surface area contributed by atoms with Crippen LogP contribution in [0.2, 0.25) is 0 Å². The molecule has 2 heterocycles. The van der Waals surface area contributed by atoms with Crippen molar-refractivity contribution in [1.82, 2.24) is 4.40 Å². The molecular weight excluding hydrogens is 334 g/mol. The van der Waals surface area contributed by atoms with E-state index in [0.29, 0.717) is 11.1 Å². The van der Waals surface area contributed by atoms with Crippen LogP contribution in [0.4, 0.5) is 0 Å². The molecule has 0 fully saturated rings. The molecule has 3 heteroatoms. The lowest BCUT2D eigenvalue weighted by Crippen LogP contribution is -2.03. The molecule has 0 aliphatic carbocycles. The molecule has 4 rings (SSSR count).